The molecule has 0 N–H and O–H groups in total. The molecule has 0 atom stereocenters. The van der Waals surface area contributed by atoms with Gasteiger partial charge in [0.2, 0.25) is 0 Å². The van der Waals surface area contributed by atoms with Crippen LogP contribution in [0.2, 0.25) is 0 Å². The highest BCUT2D eigenvalue weighted by atomic mass is 79.9. The van der Waals surface area contributed by atoms with Crippen LogP contribution in [-0.2, 0) is 9.31 Å². The number of rotatable bonds is 18. The van der Waals surface area contributed by atoms with E-state index in [0.29, 0.717) is 0 Å². The van der Waals surface area contributed by atoms with E-state index in [4.69, 9.17) is 9.31 Å². The molecule has 0 radical (unpaired) electrons. The van der Waals surface area contributed by atoms with Gasteiger partial charge in [0.05, 0.1) is 11.2 Å². The van der Waals surface area contributed by atoms with Crippen LogP contribution in [0.15, 0.2) is 421 Å². The Bertz CT molecular complexity index is 4920. The van der Waals surface area contributed by atoms with Crippen molar-refractivity contribution < 1.29 is 9.31 Å². The summed E-state index contributed by atoms with van der Waals surface area (Å²) in [6.45, 7) is 8.31. The van der Waals surface area contributed by atoms with Gasteiger partial charge in [-0.05, 0) is 250 Å². The molecule has 0 aliphatic carbocycles. The summed E-state index contributed by atoms with van der Waals surface area (Å²) in [5.41, 5.74) is 21.7. The first kappa shape index (κ1) is 71.2. The minimum atomic E-state index is -0.346. The molecule has 1 aliphatic heterocycles. The number of hydrogen-bond acceptors (Lipinski definition) is 7. The standard InChI is InChI=1S/C54H41N3.C24H26BNO2.C18H13Br2N/c1-6-20-46(21-7-1)55(47-22-8-2-9-23-47)51-36-32-42(33-37-51)44-18-16-30-53(40-44)57(50-28-14-5-15-29-50)54-31-17-19-45(41-54)43-34-38-52(39-35-43)56(48-24-10-3-11-25-48)49-26-12-4-13-27-49;1-23(2)24(3,4)28-25(27-23)19-15-17-22(18-16-19)26(20-11-7-5-8-12-20)21-13-9-6-10-14-21;19-14-6-4-10-17(12-14)21(16-8-2-1-3-9-16)18-11-5-7-15(20)13-18/h1-41H;5-18H,1-4H3;1-13H. The van der Waals surface area contributed by atoms with Crippen molar-refractivity contribution >= 4 is 130 Å². The summed E-state index contributed by atoms with van der Waals surface area (Å²) < 4.78 is 14.5. The summed E-state index contributed by atoms with van der Waals surface area (Å²) in [4.78, 5) is 11.4. The first-order valence-electron chi connectivity index (χ1n) is 35.7. The van der Waals surface area contributed by atoms with Crippen LogP contribution in [0, 0.1) is 0 Å². The maximum Gasteiger partial charge on any atom is 0.494 e. The van der Waals surface area contributed by atoms with Gasteiger partial charge < -0.3 is 33.8 Å². The van der Waals surface area contributed by atoms with E-state index < -0.39 is 0 Å². The van der Waals surface area contributed by atoms with Crippen molar-refractivity contribution in [3.05, 3.63) is 421 Å². The van der Waals surface area contributed by atoms with Crippen LogP contribution >= 0.6 is 31.9 Å². The minimum Gasteiger partial charge on any atom is -0.399 e. The normalized spacial score (nSPS) is 12.5. The van der Waals surface area contributed by atoms with Gasteiger partial charge in [0, 0.05) is 94.3 Å². The monoisotopic (exact) mass is 1500 g/mol. The van der Waals surface area contributed by atoms with E-state index in [1.54, 1.807) is 0 Å². The van der Waals surface area contributed by atoms with Gasteiger partial charge in [-0.25, -0.2) is 0 Å². The van der Waals surface area contributed by atoms with Crippen LogP contribution in [-0.4, -0.2) is 18.3 Å². The molecule has 10 heteroatoms. The van der Waals surface area contributed by atoms with Crippen LogP contribution in [0.1, 0.15) is 27.7 Å². The summed E-state index contributed by atoms with van der Waals surface area (Å²) in [7, 11) is -0.346. The van der Waals surface area contributed by atoms with Crippen molar-refractivity contribution in [2.24, 2.45) is 0 Å². The Labute approximate surface area is 641 Å². The van der Waals surface area contributed by atoms with Crippen molar-refractivity contribution in [3.63, 3.8) is 0 Å². The van der Waals surface area contributed by atoms with Crippen molar-refractivity contribution in [2.45, 2.75) is 38.9 Å². The molecule has 15 aromatic rings. The molecule has 0 spiro atoms. The van der Waals surface area contributed by atoms with E-state index in [1.165, 1.54) is 0 Å². The van der Waals surface area contributed by atoms with Gasteiger partial charge in [-0.1, -0.05) is 250 Å². The Kier molecular flexibility index (Phi) is 22.4. The SMILES string of the molecule is Brc1cccc(N(c2ccccc2)c2cccc(Br)c2)c1.CC1(C)OB(c2ccc(N(c3ccccc3)c3ccccc3)cc2)OC1(C)C.c1ccc(N(c2ccccc2)c2ccc(-c3cccc(N(c4ccccc4)c4cccc(-c5ccc(N(c6ccccc6)c6ccccc6)cc5)c4)c3)cc2)cc1. The molecular weight excluding hydrogens is 1430 g/mol. The van der Waals surface area contributed by atoms with E-state index in [2.05, 4.69) is 454 Å². The average molecular weight is 1510 g/mol. The van der Waals surface area contributed by atoms with Crippen LogP contribution in [0.4, 0.5) is 85.3 Å². The van der Waals surface area contributed by atoms with Crippen molar-refractivity contribution in [3.8, 4) is 22.3 Å². The Morgan fingerprint density at radius 3 is 0.642 bits per heavy atom. The molecule has 0 aromatic heterocycles. The van der Waals surface area contributed by atoms with E-state index in [-0.39, 0.29) is 18.3 Å². The molecule has 0 amide bonds. The van der Waals surface area contributed by atoms with Gasteiger partial charge in [-0.2, -0.15) is 0 Å². The first-order valence-corrected chi connectivity index (χ1v) is 37.3. The molecule has 1 heterocycles. The number of benzene rings is 15. The van der Waals surface area contributed by atoms with Crippen LogP contribution in [0.5, 0.6) is 0 Å². The second-order valence-corrected chi connectivity index (χ2v) is 28.5. The second kappa shape index (κ2) is 33.3. The van der Waals surface area contributed by atoms with Crippen molar-refractivity contribution in [2.75, 3.05) is 24.5 Å². The minimum absolute atomic E-state index is 0.337. The highest BCUT2D eigenvalue weighted by Gasteiger charge is 2.51. The van der Waals surface area contributed by atoms with E-state index in [9.17, 15) is 0 Å². The molecule has 518 valence electrons. The smallest absolute Gasteiger partial charge is 0.399 e. The summed E-state index contributed by atoms with van der Waals surface area (Å²) in [6, 6.07) is 144. The molecule has 1 fully saturated rings. The summed E-state index contributed by atoms with van der Waals surface area (Å²) in [5, 5.41) is 0. The maximum atomic E-state index is 6.18. The topological polar surface area (TPSA) is 34.7 Å². The Hall–Kier alpha value is -11.8. The van der Waals surface area contributed by atoms with Crippen LogP contribution in [0.25, 0.3) is 22.3 Å². The van der Waals surface area contributed by atoms with Crippen LogP contribution < -0.4 is 30.0 Å². The second-order valence-electron chi connectivity index (χ2n) is 26.7. The molecule has 15 aromatic carbocycles. The Balaban J connectivity index is 0.000000158. The molecule has 1 aliphatic rings. The number of hydrogen-bond donors (Lipinski definition) is 0. The number of anilines is 15. The molecule has 0 unspecified atom stereocenters. The highest BCUT2D eigenvalue weighted by Crippen LogP contribution is 2.44. The van der Waals surface area contributed by atoms with Gasteiger partial charge in [0.25, 0.3) is 0 Å². The van der Waals surface area contributed by atoms with Crippen LogP contribution in [0.3, 0.4) is 0 Å². The molecule has 16 rings (SSSR count). The predicted molar refractivity (Wildman–Crippen MR) is 455 cm³/mol. The number of halogens is 2. The quantitative estimate of drug-likeness (QED) is 0.0792. The van der Waals surface area contributed by atoms with Gasteiger partial charge in [0.15, 0.2) is 0 Å². The third-order valence-corrected chi connectivity index (χ3v) is 20.0. The molecule has 0 bridgehead atoms. The third-order valence-electron chi connectivity index (χ3n) is 19.1. The molecule has 7 nitrogen and oxygen atoms in total. The summed E-state index contributed by atoms with van der Waals surface area (Å²) >= 11 is 7.11. The fourth-order valence-corrected chi connectivity index (χ4v) is 13.9. The van der Waals surface area contributed by atoms with Gasteiger partial charge in [-0.15, -0.1) is 0 Å². The largest absolute Gasteiger partial charge is 0.494 e. The molecule has 106 heavy (non-hydrogen) atoms. The van der Waals surface area contributed by atoms with Gasteiger partial charge in [-0.3, -0.25) is 0 Å². The lowest BCUT2D eigenvalue weighted by molar-refractivity contribution is 0.00578. The van der Waals surface area contributed by atoms with Gasteiger partial charge in [0.1, 0.15) is 0 Å². The van der Waals surface area contributed by atoms with E-state index in [1.807, 2.05) is 42.5 Å². The number of para-hydroxylation sites is 8. The van der Waals surface area contributed by atoms with E-state index >= 15 is 0 Å². The first-order chi connectivity index (χ1) is 51.9. The summed E-state index contributed by atoms with van der Waals surface area (Å²) in [6.07, 6.45) is 0. The maximum absolute atomic E-state index is 6.18. The lowest BCUT2D eigenvalue weighted by atomic mass is 9.79. The van der Waals surface area contributed by atoms with E-state index in [0.717, 1.165) is 122 Å². The van der Waals surface area contributed by atoms with Crippen molar-refractivity contribution in [1.29, 1.82) is 0 Å². The Morgan fingerprint density at radius 2 is 0.396 bits per heavy atom. The third kappa shape index (κ3) is 16.9. The zero-order chi connectivity index (χ0) is 72.7. The number of nitrogens with zero attached hydrogens (tertiary/aromatic N) is 5. The molecule has 1 saturated heterocycles. The fourth-order valence-electron chi connectivity index (χ4n) is 13.1. The lowest BCUT2D eigenvalue weighted by Gasteiger charge is -2.32. The zero-order valence-electron chi connectivity index (χ0n) is 59.6. The summed E-state index contributed by atoms with van der Waals surface area (Å²) in [5.74, 6) is 0. The van der Waals surface area contributed by atoms with Gasteiger partial charge >= 0.3 is 7.12 Å². The zero-order valence-corrected chi connectivity index (χ0v) is 62.8. The van der Waals surface area contributed by atoms with Crippen molar-refractivity contribution in [1.82, 2.24) is 0 Å². The average Bonchev–Trinajstić information content (AvgIpc) is 1.35. The Morgan fingerprint density at radius 1 is 0.198 bits per heavy atom. The molecule has 0 saturated carbocycles. The highest BCUT2D eigenvalue weighted by molar-refractivity contribution is 9.10. The molecular formula is C96H80BBr2N5O2. The fraction of sp³-hybridized carbons (Fsp3) is 0.0625. The predicted octanol–water partition coefficient (Wildman–Crippen LogP) is 27.6. The lowest BCUT2D eigenvalue weighted by Crippen LogP contribution is -2.41.